The topological polar surface area (TPSA) is 37.4 Å². The Kier molecular flexibility index (Phi) is 5.75. The lowest BCUT2D eigenvalue weighted by Crippen LogP contribution is -2.46. The average molecular weight is 368 g/mol. The van der Waals surface area contributed by atoms with Gasteiger partial charge in [0.1, 0.15) is 5.75 Å². The third-order valence-corrected chi connectivity index (χ3v) is 5.63. The molecule has 0 aliphatic carbocycles. The quantitative estimate of drug-likeness (QED) is 0.733. The molecule has 146 valence electrons. The van der Waals surface area contributed by atoms with Crippen molar-refractivity contribution in [3.8, 4) is 11.6 Å². The van der Waals surface area contributed by atoms with Crippen LogP contribution in [0.4, 0.5) is 5.69 Å². The number of aryl methyl sites for hydroxylation is 4. The van der Waals surface area contributed by atoms with Gasteiger partial charge in [-0.3, -0.25) is 5.32 Å². The van der Waals surface area contributed by atoms with Crippen molar-refractivity contribution < 1.29 is 4.74 Å². The highest BCUT2D eigenvalue weighted by atomic mass is 16.5. The second-order valence-electron chi connectivity index (χ2n) is 7.86. The molecule has 0 bridgehead atoms. The normalized spacial score (nSPS) is 16.6. The molecule has 4 nitrogen and oxygen atoms in total. The van der Waals surface area contributed by atoms with E-state index in [4.69, 9.17) is 9.72 Å². The molecule has 0 spiro atoms. The van der Waals surface area contributed by atoms with Crippen molar-refractivity contribution in [3.63, 3.8) is 0 Å². The first-order valence-corrected chi connectivity index (χ1v) is 10.1. The summed E-state index contributed by atoms with van der Waals surface area (Å²) in [6.07, 6.45) is 2.25. The molecule has 2 heterocycles. The molecule has 1 aliphatic heterocycles. The van der Waals surface area contributed by atoms with Crippen LogP contribution in [0.2, 0.25) is 0 Å². The summed E-state index contributed by atoms with van der Waals surface area (Å²) in [5.74, 6) is 1.66. The molecule has 1 atom stereocenters. The van der Waals surface area contributed by atoms with Crippen molar-refractivity contribution >= 4 is 5.69 Å². The lowest BCUT2D eigenvalue weighted by molar-refractivity contribution is 0.415. The van der Waals surface area contributed by atoms with Gasteiger partial charge in [-0.1, -0.05) is 31.5 Å². The number of pyridine rings is 1. The van der Waals surface area contributed by atoms with Crippen molar-refractivity contribution in [3.05, 3.63) is 46.1 Å². The van der Waals surface area contributed by atoms with Crippen LogP contribution >= 0.6 is 0 Å². The maximum absolute atomic E-state index is 6.46. The van der Waals surface area contributed by atoms with Gasteiger partial charge in [-0.2, -0.15) is 0 Å². The number of hydrogen-bond acceptors (Lipinski definition) is 4. The SMILES string of the molecule is CCC(CC)N1CNC(C)c2c1cc(C)nc2Oc1c(C)cc(C)cc1C. The zero-order chi connectivity index (χ0) is 19.7. The first-order valence-electron chi connectivity index (χ1n) is 10.1. The van der Waals surface area contributed by atoms with E-state index in [-0.39, 0.29) is 6.04 Å². The highest BCUT2D eigenvalue weighted by molar-refractivity contribution is 5.62. The van der Waals surface area contributed by atoms with Gasteiger partial charge < -0.3 is 9.64 Å². The van der Waals surface area contributed by atoms with Crippen LogP contribution in [0.1, 0.15) is 67.6 Å². The van der Waals surface area contributed by atoms with Crippen molar-refractivity contribution in [2.45, 2.75) is 73.4 Å². The number of anilines is 1. The van der Waals surface area contributed by atoms with E-state index in [2.05, 4.69) is 76.9 Å². The van der Waals surface area contributed by atoms with Crippen LogP contribution < -0.4 is 15.0 Å². The Labute approximate surface area is 164 Å². The summed E-state index contributed by atoms with van der Waals surface area (Å²) in [5.41, 5.74) is 6.98. The van der Waals surface area contributed by atoms with Gasteiger partial charge in [-0.05, 0) is 64.7 Å². The van der Waals surface area contributed by atoms with E-state index in [1.165, 1.54) is 11.3 Å². The number of nitrogens with one attached hydrogen (secondary N) is 1. The zero-order valence-electron chi connectivity index (χ0n) is 17.8. The van der Waals surface area contributed by atoms with Gasteiger partial charge in [-0.15, -0.1) is 0 Å². The molecule has 3 rings (SSSR count). The average Bonchev–Trinajstić information content (AvgIpc) is 2.60. The highest BCUT2D eigenvalue weighted by Gasteiger charge is 2.30. The van der Waals surface area contributed by atoms with Crippen LogP contribution in [-0.2, 0) is 0 Å². The number of hydrogen-bond donors (Lipinski definition) is 1. The van der Waals surface area contributed by atoms with Gasteiger partial charge in [0, 0.05) is 23.5 Å². The summed E-state index contributed by atoms with van der Waals surface area (Å²) in [6, 6.07) is 7.28. The summed E-state index contributed by atoms with van der Waals surface area (Å²) in [4.78, 5) is 7.27. The first-order chi connectivity index (χ1) is 12.8. The van der Waals surface area contributed by atoms with E-state index in [0.29, 0.717) is 6.04 Å². The van der Waals surface area contributed by atoms with Gasteiger partial charge >= 0.3 is 0 Å². The summed E-state index contributed by atoms with van der Waals surface area (Å²) in [7, 11) is 0. The van der Waals surface area contributed by atoms with Crippen LogP contribution in [0.15, 0.2) is 18.2 Å². The van der Waals surface area contributed by atoms with Gasteiger partial charge in [-0.25, -0.2) is 4.98 Å². The van der Waals surface area contributed by atoms with Crippen LogP contribution in [0.3, 0.4) is 0 Å². The lowest BCUT2D eigenvalue weighted by Gasteiger charge is -2.40. The third-order valence-electron chi connectivity index (χ3n) is 5.63. The summed E-state index contributed by atoms with van der Waals surface area (Å²) in [5, 5.41) is 3.63. The minimum Gasteiger partial charge on any atom is -0.438 e. The molecule has 1 unspecified atom stereocenters. The van der Waals surface area contributed by atoms with E-state index < -0.39 is 0 Å². The molecule has 1 aromatic heterocycles. The Morgan fingerprint density at radius 1 is 1.11 bits per heavy atom. The minimum absolute atomic E-state index is 0.208. The monoisotopic (exact) mass is 367 g/mol. The number of aromatic nitrogens is 1. The van der Waals surface area contributed by atoms with E-state index in [1.807, 2.05) is 0 Å². The van der Waals surface area contributed by atoms with Crippen molar-refractivity contribution in [2.75, 3.05) is 11.6 Å². The Morgan fingerprint density at radius 3 is 2.33 bits per heavy atom. The Balaban J connectivity index is 2.10. The molecular formula is C23H33N3O. The minimum atomic E-state index is 0.208. The molecule has 27 heavy (non-hydrogen) atoms. The molecule has 0 amide bonds. The fraction of sp³-hybridized carbons (Fsp3) is 0.522. The fourth-order valence-electron chi connectivity index (χ4n) is 4.26. The Bertz CT molecular complexity index is 804. The molecule has 0 saturated heterocycles. The molecule has 1 aromatic carbocycles. The van der Waals surface area contributed by atoms with E-state index in [9.17, 15) is 0 Å². The van der Waals surface area contributed by atoms with Gasteiger partial charge in [0.05, 0.1) is 12.2 Å². The van der Waals surface area contributed by atoms with E-state index >= 15 is 0 Å². The molecule has 0 fully saturated rings. The van der Waals surface area contributed by atoms with Crippen LogP contribution in [0.5, 0.6) is 11.6 Å². The van der Waals surface area contributed by atoms with E-state index in [1.54, 1.807) is 0 Å². The van der Waals surface area contributed by atoms with Crippen molar-refractivity contribution in [2.24, 2.45) is 0 Å². The predicted octanol–water partition coefficient (Wildman–Crippen LogP) is 5.72. The van der Waals surface area contributed by atoms with E-state index in [0.717, 1.165) is 53.5 Å². The van der Waals surface area contributed by atoms with Gasteiger partial charge in [0.2, 0.25) is 5.88 Å². The van der Waals surface area contributed by atoms with Crippen molar-refractivity contribution in [1.29, 1.82) is 0 Å². The first kappa shape index (κ1) is 19.7. The van der Waals surface area contributed by atoms with Crippen LogP contribution in [0, 0.1) is 27.7 Å². The molecule has 1 N–H and O–H groups in total. The van der Waals surface area contributed by atoms with Crippen molar-refractivity contribution in [1.82, 2.24) is 10.3 Å². The summed E-state index contributed by atoms with van der Waals surface area (Å²) >= 11 is 0. The largest absolute Gasteiger partial charge is 0.438 e. The Morgan fingerprint density at radius 2 is 1.74 bits per heavy atom. The maximum Gasteiger partial charge on any atom is 0.226 e. The number of nitrogens with zero attached hydrogens (tertiary/aromatic N) is 2. The maximum atomic E-state index is 6.46. The second kappa shape index (κ2) is 7.89. The fourth-order valence-corrected chi connectivity index (χ4v) is 4.26. The third kappa shape index (κ3) is 3.81. The number of fused-ring (bicyclic) bond motifs is 1. The van der Waals surface area contributed by atoms with Crippen LogP contribution in [-0.4, -0.2) is 17.7 Å². The van der Waals surface area contributed by atoms with Gasteiger partial charge in [0.25, 0.3) is 0 Å². The molecular weight excluding hydrogens is 334 g/mol. The number of rotatable bonds is 5. The molecule has 2 aromatic rings. The van der Waals surface area contributed by atoms with Crippen LogP contribution in [0.25, 0.3) is 0 Å². The lowest BCUT2D eigenvalue weighted by atomic mass is 10.0. The van der Waals surface area contributed by atoms with Gasteiger partial charge in [0.15, 0.2) is 0 Å². The molecule has 0 saturated carbocycles. The number of benzene rings is 1. The summed E-state index contributed by atoms with van der Waals surface area (Å²) in [6.45, 7) is 16.0. The Hall–Kier alpha value is -2.07. The standard InChI is InChI=1S/C23H33N3O/c1-8-19(9-2)26-13-24-18(7)21-20(26)12-17(6)25-23(21)27-22-15(4)10-14(3)11-16(22)5/h10-12,18-19,24H,8-9,13H2,1-7H3. The molecule has 0 radical (unpaired) electrons. The predicted molar refractivity (Wildman–Crippen MR) is 113 cm³/mol. The number of ether oxygens (including phenoxy) is 1. The second-order valence-corrected chi connectivity index (χ2v) is 7.86. The molecule has 4 heteroatoms. The smallest absolute Gasteiger partial charge is 0.226 e. The molecule has 1 aliphatic rings. The zero-order valence-corrected chi connectivity index (χ0v) is 17.8. The highest BCUT2D eigenvalue weighted by Crippen LogP contribution is 2.41. The summed E-state index contributed by atoms with van der Waals surface area (Å²) < 4.78 is 6.46.